The van der Waals surface area contributed by atoms with Crippen molar-refractivity contribution in [3.63, 3.8) is 0 Å². The molecule has 0 unspecified atom stereocenters. The molecule has 6 heteroatoms. The van der Waals surface area contributed by atoms with E-state index in [4.69, 9.17) is 13.6 Å². The third kappa shape index (κ3) is 3.33. The van der Waals surface area contributed by atoms with E-state index >= 15 is 0 Å². The van der Waals surface area contributed by atoms with Gasteiger partial charge < -0.3 is 13.6 Å². The van der Waals surface area contributed by atoms with Crippen LogP contribution in [0.25, 0.3) is 11.5 Å². The van der Waals surface area contributed by atoms with Gasteiger partial charge in [0, 0.05) is 5.75 Å². The summed E-state index contributed by atoms with van der Waals surface area (Å²) in [5.41, 5.74) is 2.09. The van der Waals surface area contributed by atoms with Gasteiger partial charge in [-0.1, -0.05) is 23.9 Å². The highest BCUT2D eigenvalue weighted by molar-refractivity contribution is 7.99. The van der Waals surface area contributed by atoms with E-state index < -0.39 is 0 Å². The molecule has 0 amide bonds. The summed E-state index contributed by atoms with van der Waals surface area (Å²) in [5, 5.41) is 8.68. The van der Waals surface area contributed by atoms with Crippen molar-refractivity contribution in [3.8, 4) is 17.2 Å². The zero-order valence-corrected chi connectivity index (χ0v) is 13.2. The van der Waals surface area contributed by atoms with Gasteiger partial charge in [0.05, 0.1) is 18.9 Å². The first-order valence-electron chi connectivity index (χ1n) is 6.90. The van der Waals surface area contributed by atoms with Gasteiger partial charge in [-0.15, -0.1) is 10.2 Å². The number of hydrogen-bond acceptors (Lipinski definition) is 6. The molecule has 0 radical (unpaired) electrons. The minimum atomic E-state index is 0.498. The van der Waals surface area contributed by atoms with Gasteiger partial charge in [-0.05, 0) is 37.1 Å². The van der Waals surface area contributed by atoms with Gasteiger partial charge in [0.2, 0.25) is 0 Å². The van der Waals surface area contributed by atoms with Crippen LogP contribution in [0.1, 0.15) is 11.3 Å². The van der Waals surface area contributed by atoms with Crippen LogP contribution in [0.4, 0.5) is 0 Å². The Bertz CT molecular complexity index is 734. The summed E-state index contributed by atoms with van der Waals surface area (Å²) in [7, 11) is 1.67. The fraction of sp³-hybridized carbons (Fsp3) is 0.250. The summed E-state index contributed by atoms with van der Waals surface area (Å²) in [6.07, 6.45) is 2.54. The molecule has 0 aliphatic rings. The number of thioether (sulfide) groups is 1. The van der Waals surface area contributed by atoms with Crippen molar-refractivity contribution in [1.82, 2.24) is 10.2 Å². The zero-order chi connectivity index (χ0) is 15.4. The lowest BCUT2D eigenvalue weighted by molar-refractivity contribution is 0.414. The Hall–Kier alpha value is -2.21. The lowest BCUT2D eigenvalue weighted by Crippen LogP contribution is -1.89. The molecule has 0 atom stereocenters. The van der Waals surface area contributed by atoms with Crippen LogP contribution in [0.15, 0.2) is 50.7 Å². The quantitative estimate of drug-likeness (QED) is 0.641. The summed E-state index contributed by atoms with van der Waals surface area (Å²) < 4.78 is 16.0. The molecule has 0 saturated carbocycles. The van der Waals surface area contributed by atoms with Crippen LogP contribution in [0, 0.1) is 6.92 Å². The molecular weight excluding hydrogens is 300 g/mol. The van der Waals surface area contributed by atoms with Gasteiger partial charge in [-0.25, -0.2) is 0 Å². The number of aryl methyl sites for hydroxylation is 2. The fourth-order valence-electron chi connectivity index (χ4n) is 2.03. The smallest absolute Gasteiger partial charge is 0.276 e. The van der Waals surface area contributed by atoms with Crippen LogP contribution in [0.2, 0.25) is 0 Å². The van der Waals surface area contributed by atoms with E-state index in [1.54, 1.807) is 25.1 Å². The molecule has 2 aromatic heterocycles. The Labute approximate surface area is 132 Å². The highest BCUT2D eigenvalue weighted by Crippen LogP contribution is 2.26. The third-order valence-electron chi connectivity index (χ3n) is 3.27. The van der Waals surface area contributed by atoms with E-state index in [9.17, 15) is 0 Å². The van der Waals surface area contributed by atoms with Gasteiger partial charge in [0.25, 0.3) is 11.1 Å². The SMILES string of the molecule is COc1ccc(CCSc2nnc(-c3ccoc3C)o2)cc1. The first-order chi connectivity index (χ1) is 10.8. The van der Waals surface area contributed by atoms with Crippen molar-refractivity contribution in [3.05, 3.63) is 47.9 Å². The van der Waals surface area contributed by atoms with E-state index in [1.165, 1.54) is 5.56 Å². The van der Waals surface area contributed by atoms with Crippen LogP contribution in [0.3, 0.4) is 0 Å². The largest absolute Gasteiger partial charge is 0.497 e. The van der Waals surface area contributed by atoms with Crippen LogP contribution < -0.4 is 4.74 Å². The van der Waals surface area contributed by atoms with E-state index in [-0.39, 0.29) is 0 Å². The van der Waals surface area contributed by atoms with Gasteiger partial charge in [-0.2, -0.15) is 0 Å². The topological polar surface area (TPSA) is 61.3 Å². The maximum absolute atomic E-state index is 5.64. The maximum atomic E-state index is 5.64. The first-order valence-corrected chi connectivity index (χ1v) is 7.88. The van der Waals surface area contributed by atoms with E-state index in [0.717, 1.165) is 29.2 Å². The minimum absolute atomic E-state index is 0.498. The van der Waals surface area contributed by atoms with Gasteiger partial charge in [-0.3, -0.25) is 0 Å². The second-order valence-electron chi connectivity index (χ2n) is 4.71. The number of rotatable bonds is 6. The maximum Gasteiger partial charge on any atom is 0.276 e. The van der Waals surface area contributed by atoms with Crippen molar-refractivity contribution >= 4 is 11.8 Å². The van der Waals surface area contributed by atoms with Crippen molar-refractivity contribution in [2.75, 3.05) is 12.9 Å². The summed E-state index contributed by atoms with van der Waals surface area (Å²) in [6, 6.07) is 9.88. The number of nitrogens with zero attached hydrogens (tertiary/aromatic N) is 2. The molecule has 114 valence electrons. The van der Waals surface area contributed by atoms with E-state index in [2.05, 4.69) is 22.3 Å². The Balaban J connectivity index is 1.56. The molecular formula is C16H16N2O3S. The highest BCUT2D eigenvalue weighted by atomic mass is 32.2. The lowest BCUT2D eigenvalue weighted by atomic mass is 10.2. The monoisotopic (exact) mass is 316 g/mol. The molecule has 0 bridgehead atoms. The Kier molecular flexibility index (Phi) is 4.48. The number of benzene rings is 1. The minimum Gasteiger partial charge on any atom is -0.497 e. The predicted molar refractivity (Wildman–Crippen MR) is 84.2 cm³/mol. The molecule has 0 aliphatic carbocycles. The second kappa shape index (κ2) is 6.70. The van der Waals surface area contributed by atoms with Crippen LogP contribution in [-0.4, -0.2) is 23.1 Å². The molecule has 1 aromatic carbocycles. The third-order valence-corrected chi connectivity index (χ3v) is 4.09. The number of furan rings is 1. The van der Waals surface area contributed by atoms with E-state index in [0.29, 0.717) is 11.1 Å². The average molecular weight is 316 g/mol. The molecule has 0 spiro atoms. The van der Waals surface area contributed by atoms with Crippen LogP contribution in [-0.2, 0) is 6.42 Å². The number of ether oxygens (including phenoxy) is 1. The van der Waals surface area contributed by atoms with Gasteiger partial charge in [0.15, 0.2) is 0 Å². The first kappa shape index (κ1) is 14.7. The fourth-order valence-corrected chi connectivity index (χ4v) is 2.78. The zero-order valence-electron chi connectivity index (χ0n) is 12.4. The summed E-state index contributed by atoms with van der Waals surface area (Å²) in [6.45, 7) is 1.87. The normalized spacial score (nSPS) is 10.8. The highest BCUT2D eigenvalue weighted by Gasteiger charge is 2.13. The number of hydrogen-bond donors (Lipinski definition) is 0. The molecule has 0 aliphatic heterocycles. The molecule has 22 heavy (non-hydrogen) atoms. The lowest BCUT2D eigenvalue weighted by Gasteiger charge is -2.02. The molecule has 5 nitrogen and oxygen atoms in total. The molecule has 2 heterocycles. The summed E-state index contributed by atoms with van der Waals surface area (Å²) in [5.74, 6) is 3.02. The molecule has 3 aromatic rings. The molecule has 0 saturated heterocycles. The van der Waals surface area contributed by atoms with Crippen LogP contribution >= 0.6 is 11.8 Å². The standard InChI is InChI=1S/C16H16N2O3S/c1-11-14(7-9-20-11)15-17-18-16(21-15)22-10-8-12-3-5-13(19-2)6-4-12/h3-7,9H,8,10H2,1-2H3. The molecule has 0 fully saturated rings. The number of methoxy groups -OCH3 is 1. The number of aromatic nitrogens is 2. The molecule has 0 N–H and O–H groups in total. The van der Waals surface area contributed by atoms with Crippen LogP contribution in [0.5, 0.6) is 5.75 Å². The van der Waals surface area contributed by atoms with Crippen molar-refractivity contribution in [1.29, 1.82) is 0 Å². The Morgan fingerprint density at radius 3 is 2.64 bits per heavy atom. The van der Waals surface area contributed by atoms with E-state index in [1.807, 2.05) is 25.1 Å². The summed E-state index contributed by atoms with van der Waals surface area (Å²) >= 11 is 1.55. The molecule has 3 rings (SSSR count). The van der Waals surface area contributed by atoms with Crippen molar-refractivity contribution in [2.24, 2.45) is 0 Å². The Morgan fingerprint density at radius 2 is 1.95 bits per heavy atom. The predicted octanol–water partition coefficient (Wildman–Crippen LogP) is 3.98. The van der Waals surface area contributed by atoms with Crippen molar-refractivity contribution < 1.29 is 13.6 Å². The van der Waals surface area contributed by atoms with Gasteiger partial charge >= 0.3 is 0 Å². The Morgan fingerprint density at radius 1 is 1.14 bits per heavy atom. The van der Waals surface area contributed by atoms with Gasteiger partial charge in [0.1, 0.15) is 11.5 Å². The van der Waals surface area contributed by atoms with Crippen molar-refractivity contribution in [2.45, 2.75) is 18.6 Å². The summed E-state index contributed by atoms with van der Waals surface area (Å²) in [4.78, 5) is 0. The second-order valence-corrected chi connectivity index (χ2v) is 5.76. The average Bonchev–Trinajstić information content (AvgIpc) is 3.17.